The summed E-state index contributed by atoms with van der Waals surface area (Å²) >= 11 is 7.27. The van der Waals surface area contributed by atoms with Gasteiger partial charge in [-0.25, -0.2) is 0 Å². The predicted octanol–water partition coefficient (Wildman–Crippen LogP) is 3.10. The molecule has 16 heavy (non-hydrogen) atoms. The van der Waals surface area contributed by atoms with E-state index in [4.69, 9.17) is 11.6 Å². The Morgan fingerprint density at radius 3 is 2.31 bits per heavy atom. The van der Waals surface area contributed by atoms with Crippen LogP contribution >= 0.6 is 22.9 Å². The lowest BCUT2D eigenvalue weighted by atomic mass is 9.91. The molecule has 0 radical (unpaired) electrons. The quantitative estimate of drug-likeness (QED) is 0.827. The maximum atomic E-state index is 9.97. The minimum atomic E-state index is -0.695. The van der Waals surface area contributed by atoms with Crippen molar-refractivity contribution in [2.75, 3.05) is 0 Å². The Morgan fingerprint density at radius 1 is 1.25 bits per heavy atom. The minimum Gasteiger partial charge on any atom is -0.390 e. The van der Waals surface area contributed by atoms with Gasteiger partial charge in [-0.1, -0.05) is 38.3 Å². The van der Waals surface area contributed by atoms with E-state index in [1.165, 1.54) is 11.3 Å². The SMILES string of the molecule is CCC(CC)C(O)C(O)Cc1ccc(Cl)s1. The van der Waals surface area contributed by atoms with Gasteiger partial charge in [0.15, 0.2) is 0 Å². The summed E-state index contributed by atoms with van der Waals surface area (Å²) in [7, 11) is 0. The van der Waals surface area contributed by atoms with Crippen molar-refractivity contribution in [2.24, 2.45) is 5.92 Å². The summed E-state index contributed by atoms with van der Waals surface area (Å²) in [4.78, 5) is 1.02. The van der Waals surface area contributed by atoms with Gasteiger partial charge in [0.1, 0.15) is 0 Å². The van der Waals surface area contributed by atoms with E-state index in [1.807, 2.05) is 26.0 Å². The Bertz CT molecular complexity index is 310. The molecule has 1 aromatic heterocycles. The molecule has 1 rings (SSSR count). The highest BCUT2D eigenvalue weighted by molar-refractivity contribution is 7.16. The summed E-state index contributed by atoms with van der Waals surface area (Å²) in [6, 6.07) is 3.72. The standard InChI is InChI=1S/C12H19ClO2S/c1-3-8(4-2)12(15)10(14)7-9-5-6-11(13)16-9/h5-6,8,10,12,14-15H,3-4,7H2,1-2H3. The van der Waals surface area contributed by atoms with Crippen LogP contribution in [0.2, 0.25) is 4.34 Å². The summed E-state index contributed by atoms with van der Waals surface area (Å²) in [5.74, 6) is 0.172. The Balaban J connectivity index is 2.54. The Morgan fingerprint density at radius 2 is 1.88 bits per heavy atom. The Hall–Kier alpha value is -0.0900. The summed E-state index contributed by atoms with van der Waals surface area (Å²) in [6.07, 6.45) is 0.921. The molecule has 0 aliphatic carbocycles. The first-order valence-electron chi connectivity index (χ1n) is 5.68. The molecule has 0 aliphatic heterocycles. The van der Waals surface area contributed by atoms with Crippen LogP contribution in [0.4, 0.5) is 0 Å². The molecule has 0 bridgehead atoms. The van der Waals surface area contributed by atoms with Crippen molar-refractivity contribution in [3.63, 3.8) is 0 Å². The van der Waals surface area contributed by atoms with E-state index in [0.717, 1.165) is 22.1 Å². The highest BCUT2D eigenvalue weighted by Gasteiger charge is 2.24. The average molecular weight is 263 g/mol. The number of aliphatic hydroxyl groups excluding tert-OH is 2. The molecule has 2 unspecified atom stereocenters. The first-order chi connectivity index (χ1) is 7.58. The third-order valence-corrected chi connectivity index (χ3v) is 4.22. The lowest BCUT2D eigenvalue weighted by Gasteiger charge is -2.24. The van der Waals surface area contributed by atoms with Gasteiger partial charge in [-0.2, -0.15) is 0 Å². The van der Waals surface area contributed by atoms with Gasteiger partial charge in [0.2, 0.25) is 0 Å². The molecule has 92 valence electrons. The van der Waals surface area contributed by atoms with Crippen molar-refractivity contribution in [1.29, 1.82) is 0 Å². The van der Waals surface area contributed by atoms with Gasteiger partial charge in [0.05, 0.1) is 16.5 Å². The lowest BCUT2D eigenvalue weighted by molar-refractivity contribution is -0.0184. The van der Waals surface area contributed by atoms with Crippen LogP contribution in [0, 0.1) is 5.92 Å². The number of rotatable bonds is 6. The molecular weight excluding hydrogens is 244 g/mol. The van der Waals surface area contributed by atoms with Gasteiger partial charge >= 0.3 is 0 Å². The summed E-state index contributed by atoms with van der Waals surface area (Å²) < 4.78 is 0.722. The Labute approximate surface area is 106 Å². The normalized spacial score (nSPS) is 15.4. The predicted molar refractivity (Wildman–Crippen MR) is 69.1 cm³/mol. The second kappa shape index (κ2) is 6.60. The lowest BCUT2D eigenvalue weighted by Crippen LogP contribution is -2.34. The topological polar surface area (TPSA) is 40.5 Å². The zero-order valence-corrected chi connectivity index (χ0v) is 11.3. The Kier molecular flexibility index (Phi) is 5.76. The van der Waals surface area contributed by atoms with Crippen LogP contribution in [0.25, 0.3) is 0 Å². The first-order valence-corrected chi connectivity index (χ1v) is 6.88. The largest absolute Gasteiger partial charge is 0.390 e. The highest BCUT2D eigenvalue weighted by Crippen LogP contribution is 2.25. The zero-order chi connectivity index (χ0) is 12.1. The number of hydrogen-bond acceptors (Lipinski definition) is 3. The number of thiophene rings is 1. The molecular formula is C12H19ClO2S. The third-order valence-electron chi connectivity index (χ3n) is 2.97. The van der Waals surface area contributed by atoms with Crippen molar-refractivity contribution in [2.45, 2.75) is 45.3 Å². The molecule has 1 aromatic rings. The fraction of sp³-hybridized carbons (Fsp3) is 0.667. The number of hydrogen-bond donors (Lipinski definition) is 2. The number of aliphatic hydroxyl groups is 2. The van der Waals surface area contributed by atoms with Crippen molar-refractivity contribution in [3.05, 3.63) is 21.3 Å². The molecule has 2 atom stereocenters. The molecule has 0 aliphatic rings. The van der Waals surface area contributed by atoms with E-state index < -0.39 is 12.2 Å². The van der Waals surface area contributed by atoms with Crippen LogP contribution in [0.3, 0.4) is 0 Å². The second-order valence-electron chi connectivity index (χ2n) is 4.04. The average Bonchev–Trinajstić information content (AvgIpc) is 2.65. The van der Waals surface area contributed by atoms with Crippen LogP contribution in [-0.4, -0.2) is 22.4 Å². The van der Waals surface area contributed by atoms with E-state index >= 15 is 0 Å². The summed E-state index contributed by atoms with van der Waals surface area (Å²) in [5, 5.41) is 19.9. The van der Waals surface area contributed by atoms with E-state index in [9.17, 15) is 10.2 Å². The van der Waals surface area contributed by atoms with Gasteiger partial charge in [-0.3, -0.25) is 0 Å². The zero-order valence-electron chi connectivity index (χ0n) is 9.69. The van der Waals surface area contributed by atoms with Crippen LogP contribution in [-0.2, 0) is 6.42 Å². The maximum Gasteiger partial charge on any atom is 0.0931 e. The van der Waals surface area contributed by atoms with E-state index in [0.29, 0.717) is 6.42 Å². The van der Waals surface area contributed by atoms with Crippen LogP contribution in [0.5, 0.6) is 0 Å². The van der Waals surface area contributed by atoms with Crippen LogP contribution in [0.15, 0.2) is 12.1 Å². The van der Waals surface area contributed by atoms with Gasteiger partial charge in [-0.05, 0) is 18.1 Å². The van der Waals surface area contributed by atoms with E-state index in [2.05, 4.69) is 0 Å². The van der Waals surface area contributed by atoms with Crippen molar-refractivity contribution in [3.8, 4) is 0 Å². The molecule has 1 heterocycles. The van der Waals surface area contributed by atoms with E-state index in [1.54, 1.807) is 0 Å². The van der Waals surface area contributed by atoms with Crippen LogP contribution < -0.4 is 0 Å². The molecule has 2 nitrogen and oxygen atoms in total. The van der Waals surface area contributed by atoms with Crippen molar-refractivity contribution < 1.29 is 10.2 Å². The van der Waals surface area contributed by atoms with E-state index in [-0.39, 0.29) is 5.92 Å². The first kappa shape index (κ1) is 14.0. The molecule has 0 aromatic carbocycles. The maximum absolute atomic E-state index is 9.97. The molecule has 0 saturated carbocycles. The minimum absolute atomic E-state index is 0.172. The fourth-order valence-corrected chi connectivity index (χ4v) is 3.01. The van der Waals surface area contributed by atoms with Gasteiger partial charge < -0.3 is 10.2 Å². The molecule has 0 fully saturated rings. The summed E-state index contributed by atoms with van der Waals surface area (Å²) in [6.45, 7) is 4.07. The second-order valence-corrected chi connectivity index (χ2v) is 5.84. The van der Waals surface area contributed by atoms with Crippen molar-refractivity contribution in [1.82, 2.24) is 0 Å². The third kappa shape index (κ3) is 3.74. The van der Waals surface area contributed by atoms with Gasteiger partial charge in [-0.15, -0.1) is 11.3 Å². The smallest absolute Gasteiger partial charge is 0.0931 e. The monoisotopic (exact) mass is 262 g/mol. The van der Waals surface area contributed by atoms with Gasteiger partial charge in [0, 0.05) is 11.3 Å². The molecule has 2 N–H and O–H groups in total. The van der Waals surface area contributed by atoms with Crippen LogP contribution in [0.1, 0.15) is 31.6 Å². The molecule has 4 heteroatoms. The molecule has 0 amide bonds. The molecule has 0 saturated heterocycles. The fourth-order valence-electron chi connectivity index (χ4n) is 1.87. The van der Waals surface area contributed by atoms with Gasteiger partial charge in [0.25, 0.3) is 0 Å². The summed E-state index contributed by atoms with van der Waals surface area (Å²) in [5.41, 5.74) is 0. The van der Waals surface area contributed by atoms with Crippen molar-refractivity contribution >= 4 is 22.9 Å². The number of halogens is 1. The molecule has 0 spiro atoms. The highest BCUT2D eigenvalue weighted by atomic mass is 35.5.